The predicted molar refractivity (Wildman–Crippen MR) is 104 cm³/mol. The Balaban J connectivity index is 1.71. The van der Waals surface area contributed by atoms with E-state index in [0.717, 1.165) is 4.90 Å². The number of halogens is 2. The van der Waals surface area contributed by atoms with Crippen LogP contribution in [0.4, 0.5) is 0 Å². The number of ether oxygens (including phenoxy) is 2. The van der Waals surface area contributed by atoms with Crippen LogP contribution in [0.3, 0.4) is 0 Å². The van der Waals surface area contributed by atoms with Gasteiger partial charge in [0.2, 0.25) is 0 Å². The molecule has 2 aromatic carbocycles. The molecule has 0 atom stereocenters. The average Bonchev–Trinajstić information content (AvgIpc) is 2.91. The second-order valence-electron chi connectivity index (χ2n) is 6.18. The van der Waals surface area contributed by atoms with Crippen molar-refractivity contribution in [3.8, 4) is 0 Å². The van der Waals surface area contributed by atoms with E-state index in [4.69, 9.17) is 32.7 Å². The molecular formula is C20H17Cl2NO5. The van der Waals surface area contributed by atoms with E-state index >= 15 is 0 Å². The summed E-state index contributed by atoms with van der Waals surface area (Å²) in [6.07, 6.45) is 0.540. The predicted octanol–water partition coefficient (Wildman–Crippen LogP) is 3.98. The number of amides is 2. The summed E-state index contributed by atoms with van der Waals surface area (Å²) in [5.41, 5.74) is 1.26. The van der Waals surface area contributed by atoms with Crippen molar-refractivity contribution in [2.24, 2.45) is 0 Å². The van der Waals surface area contributed by atoms with E-state index in [1.165, 1.54) is 18.2 Å². The number of hydrogen-bond acceptors (Lipinski definition) is 5. The number of fused-ring (bicyclic) bond motifs is 1. The number of carbonyl (C=O) groups is 3. The van der Waals surface area contributed by atoms with E-state index in [0.29, 0.717) is 28.6 Å². The SMILES string of the molecule is COCCCN1C(=O)c2ccc(C(=O)OCc3ccc(Cl)cc3Cl)cc2C1=O. The number of rotatable bonds is 7. The summed E-state index contributed by atoms with van der Waals surface area (Å²) in [6, 6.07) is 9.20. The lowest BCUT2D eigenvalue weighted by atomic mass is 10.1. The van der Waals surface area contributed by atoms with Crippen molar-refractivity contribution in [2.45, 2.75) is 13.0 Å². The van der Waals surface area contributed by atoms with Crippen LogP contribution in [0.1, 0.15) is 43.1 Å². The Kier molecular flexibility index (Phi) is 6.34. The zero-order chi connectivity index (χ0) is 20.3. The molecule has 146 valence electrons. The summed E-state index contributed by atoms with van der Waals surface area (Å²) in [5.74, 6) is -1.41. The number of hydrogen-bond donors (Lipinski definition) is 0. The molecule has 0 saturated heterocycles. The Labute approximate surface area is 171 Å². The molecule has 6 nitrogen and oxygen atoms in total. The van der Waals surface area contributed by atoms with Crippen molar-refractivity contribution in [3.63, 3.8) is 0 Å². The van der Waals surface area contributed by atoms with Crippen molar-refractivity contribution in [2.75, 3.05) is 20.3 Å². The highest BCUT2D eigenvalue weighted by Gasteiger charge is 2.35. The molecule has 0 bridgehead atoms. The summed E-state index contributed by atoms with van der Waals surface area (Å²) in [4.78, 5) is 38.4. The second-order valence-corrected chi connectivity index (χ2v) is 7.02. The maximum absolute atomic E-state index is 12.5. The van der Waals surface area contributed by atoms with E-state index in [2.05, 4.69) is 0 Å². The van der Waals surface area contributed by atoms with Gasteiger partial charge in [-0.15, -0.1) is 0 Å². The van der Waals surface area contributed by atoms with Crippen LogP contribution in [0.25, 0.3) is 0 Å². The lowest BCUT2D eigenvalue weighted by molar-refractivity contribution is 0.0472. The number of nitrogens with zero attached hydrogens (tertiary/aromatic N) is 1. The molecule has 0 fully saturated rings. The first kappa shape index (κ1) is 20.3. The van der Waals surface area contributed by atoms with Gasteiger partial charge in [0.25, 0.3) is 11.8 Å². The van der Waals surface area contributed by atoms with Gasteiger partial charge < -0.3 is 9.47 Å². The molecule has 0 saturated carbocycles. The summed E-state index contributed by atoms with van der Waals surface area (Å²) >= 11 is 11.9. The van der Waals surface area contributed by atoms with Gasteiger partial charge in [-0.05, 0) is 36.8 Å². The van der Waals surface area contributed by atoms with Gasteiger partial charge in [-0.2, -0.15) is 0 Å². The third-order valence-electron chi connectivity index (χ3n) is 4.31. The van der Waals surface area contributed by atoms with E-state index in [9.17, 15) is 14.4 Å². The maximum atomic E-state index is 12.5. The lowest BCUT2D eigenvalue weighted by Crippen LogP contribution is -2.31. The molecular weight excluding hydrogens is 405 g/mol. The topological polar surface area (TPSA) is 72.9 Å². The number of carbonyl (C=O) groups excluding carboxylic acids is 3. The molecule has 8 heteroatoms. The first-order valence-electron chi connectivity index (χ1n) is 8.52. The smallest absolute Gasteiger partial charge is 0.338 e. The molecule has 2 aromatic rings. The third kappa shape index (κ3) is 4.19. The Morgan fingerprint density at radius 3 is 2.50 bits per heavy atom. The van der Waals surface area contributed by atoms with Crippen molar-refractivity contribution in [1.29, 1.82) is 0 Å². The summed E-state index contributed by atoms with van der Waals surface area (Å²) in [5, 5.41) is 0.874. The van der Waals surface area contributed by atoms with Gasteiger partial charge in [0, 0.05) is 35.9 Å². The van der Waals surface area contributed by atoms with Gasteiger partial charge in [0.15, 0.2) is 0 Å². The number of methoxy groups -OCH3 is 1. The molecule has 28 heavy (non-hydrogen) atoms. The molecule has 2 amide bonds. The van der Waals surface area contributed by atoms with Crippen LogP contribution in [-0.4, -0.2) is 42.9 Å². The minimum Gasteiger partial charge on any atom is -0.457 e. The Morgan fingerprint density at radius 2 is 1.79 bits per heavy atom. The molecule has 0 aromatic heterocycles. The standard InChI is InChI=1S/C20H17Cl2NO5/c1-27-8-2-7-23-18(24)15-6-4-12(9-16(15)19(23)25)20(26)28-11-13-3-5-14(21)10-17(13)22/h3-6,9-10H,2,7-8,11H2,1H3. The van der Waals surface area contributed by atoms with E-state index in [1.807, 2.05) is 0 Å². The highest BCUT2D eigenvalue weighted by Crippen LogP contribution is 2.25. The van der Waals surface area contributed by atoms with Crippen LogP contribution in [-0.2, 0) is 16.1 Å². The molecule has 0 spiro atoms. The maximum Gasteiger partial charge on any atom is 0.338 e. The van der Waals surface area contributed by atoms with E-state index in [1.54, 1.807) is 25.3 Å². The highest BCUT2D eigenvalue weighted by atomic mass is 35.5. The van der Waals surface area contributed by atoms with Crippen LogP contribution in [0.5, 0.6) is 0 Å². The quantitative estimate of drug-likeness (QED) is 0.384. The monoisotopic (exact) mass is 421 g/mol. The van der Waals surface area contributed by atoms with Gasteiger partial charge in [-0.1, -0.05) is 29.3 Å². The Morgan fingerprint density at radius 1 is 1.04 bits per heavy atom. The minimum atomic E-state index is -0.619. The van der Waals surface area contributed by atoms with Gasteiger partial charge in [-0.25, -0.2) is 4.79 Å². The van der Waals surface area contributed by atoms with Crippen LogP contribution >= 0.6 is 23.2 Å². The molecule has 1 aliphatic heterocycles. The zero-order valence-electron chi connectivity index (χ0n) is 15.0. The van der Waals surface area contributed by atoms with Crippen molar-refractivity contribution >= 4 is 41.0 Å². The fourth-order valence-corrected chi connectivity index (χ4v) is 3.32. The van der Waals surface area contributed by atoms with Crippen molar-refractivity contribution < 1.29 is 23.9 Å². The van der Waals surface area contributed by atoms with Gasteiger partial charge >= 0.3 is 5.97 Å². The largest absolute Gasteiger partial charge is 0.457 e. The highest BCUT2D eigenvalue weighted by molar-refractivity contribution is 6.35. The van der Waals surface area contributed by atoms with Gasteiger partial charge in [-0.3, -0.25) is 14.5 Å². The van der Waals surface area contributed by atoms with Crippen LogP contribution in [0.2, 0.25) is 10.0 Å². The van der Waals surface area contributed by atoms with Crippen LogP contribution in [0, 0.1) is 0 Å². The van der Waals surface area contributed by atoms with Gasteiger partial charge in [0.1, 0.15) is 6.61 Å². The van der Waals surface area contributed by atoms with Crippen LogP contribution < -0.4 is 0 Å². The molecule has 0 radical (unpaired) electrons. The number of imide groups is 1. The molecule has 3 rings (SSSR count). The summed E-state index contributed by atoms with van der Waals surface area (Å²) in [7, 11) is 1.55. The summed E-state index contributed by atoms with van der Waals surface area (Å²) in [6.45, 7) is 0.662. The molecule has 0 N–H and O–H groups in total. The molecule has 1 heterocycles. The normalized spacial score (nSPS) is 13.0. The van der Waals surface area contributed by atoms with Crippen molar-refractivity contribution in [1.82, 2.24) is 4.90 Å². The first-order chi connectivity index (χ1) is 13.4. The minimum absolute atomic E-state index is 0.0397. The van der Waals surface area contributed by atoms with Crippen LogP contribution in [0.15, 0.2) is 36.4 Å². The fourth-order valence-electron chi connectivity index (χ4n) is 2.85. The average molecular weight is 422 g/mol. The fraction of sp³-hybridized carbons (Fsp3) is 0.250. The van der Waals surface area contributed by atoms with Crippen molar-refractivity contribution in [3.05, 3.63) is 68.7 Å². The molecule has 1 aliphatic rings. The Bertz CT molecular complexity index is 944. The Hall–Kier alpha value is -2.41. The molecule has 0 unspecified atom stereocenters. The molecule has 0 aliphatic carbocycles. The van der Waals surface area contributed by atoms with E-state index < -0.39 is 11.9 Å². The third-order valence-corrected chi connectivity index (χ3v) is 4.90. The van der Waals surface area contributed by atoms with Gasteiger partial charge in [0.05, 0.1) is 16.7 Å². The lowest BCUT2D eigenvalue weighted by Gasteiger charge is -2.12. The summed E-state index contributed by atoms with van der Waals surface area (Å²) < 4.78 is 10.2. The number of esters is 1. The zero-order valence-corrected chi connectivity index (χ0v) is 16.5. The first-order valence-corrected chi connectivity index (χ1v) is 9.28. The second kappa shape index (κ2) is 8.73. The van der Waals surface area contributed by atoms with E-state index in [-0.39, 0.29) is 35.7 Å². The number of benzene rings is 2.